The van der Waals surface area contributed by atoms with Gasteiger partial charge in [-0.3, -0.25) is 4.90 Å². The van der Waals surface area contributed by atoms with Gasteiger partial charge in [-0.2, -0.15) is 0 Å². The van der Waals surface area contributed by atoms with E-state index < -0.39 is 0 Å². The van der Waals surface area contributed by atoms with Crippen molar-refractivity contribution in [3.63, 3.8) is 0 Å². The van der Waals surface area contributed by atoms with Crippen LogP contribution in [0.3, 0.4) is 0 Å². The van der Waals surface area contributed by atoms with E-state index in [2.05, 4.69) is 4.90 Å². The van der Waals surface area contributed by atoms with Crippen LogP contribution in [0.4, 0.5) is 0 Å². The van der Waals surface area contributed by atoms with Crippen LogP contribution in [0.2, 0.25) is 4.34 Å². The Kier molecular flexibility index (Phi) is 3.69. The van der Waals surface area contributed by atoms with E-state index in [4.69, 9.17) is 21.1 Å². The van der Waals surface area contributed by atoms with Gasteiger partial charge in [0.25, 0.3) is 0 Å². The normalized spacial score (nSPS) is 29.3. The standard InChI is InChI=1S/C13H16ClNO3S/c1-17-13(16)12-9(6-11(14)19-12)18-10-7-15-4-2-8(10)3-5-15/h6,8,10H,2-5,7H2,1H3/t10-/m0/s1. The van der Waals surface area contributed by atoms with Crippen molar-refractivity contribution in [3.8, 4) is 5.75 Å². The van der Waals surface area contributed by atoms with Crippen LogP contribution >= 0.6 is 22.9 Å². The molecule has 104 valence electrons. The first-order valence-corrected chi connectivity index (χ1v) is 7.63. The van der Waals surface area contributed by atoms with Crippen molar-refractivity contribution in [2.45, 2.75) is 18.9 Å². The summed E-state index contributed by atoms with van der Waals surface area (Å²) in [4.78, 5) is 14.6. The summed E-state index contributed by atoms with van der Waals surface area (Å²) >= 11 is 7.19. The average molecular weight is 302 g/mol. The molecule has 0 aromatic carbocycles. The maximum absolute atomic E-state index is 11.7. The van der Waals surface area contributed by atoms with Gasteiger partial charge in [0.1, 0.15) is 11.9 Å². The summed E-state index contributed by atoms with van der Waals surface area (Å²) in [6.45, 7) is 3.27. The highest BCUT2D eigenvalue weighted by atomic mass is 35.5. The van der Waals surface area contributed by atoms with Crippen LogP contribution in [-0.4, -0.2) is 43.7 Å². The molecule has 4 rings (SSSR count). The van der Waals surface area contributed by atoms with Crippen LogP contribution in [-0.2, 0) is 4.74 Å². The number of methoxy groups -OCH3 is 1. The molecule has 0 radical (unpaired) electrons. The van der Waals surface area contributed by atoms with Crippen molar-refractivity contribution < 1.29 is 14.3 Å². The molecule has 0 amide bonds. The van der Waals surface area contributed by atoms with E-state index in [1.54, 1.807) is 6.07 Å². The zero-order chi connectivity index (χ0) is 13.4. The molecule has 1 atom stereocenters. The summed E-state index contributed by atoms with van der Waals surface area (Å²) < 4.78 is 11.4. The first-order chi connectivity index (χ1) is 9.17. The molecule has 4 heterocycles. The highest BCUT2D eigenvalue weighted by molar-refractivity contribution is 7.18. The Balaban J connectivity index is 1.78. The Hall–Kier alpha value is -0.780. The number of rotatable bonds is 3. The minimum atomic E-state index is -0.381. The molecule has 3 fully saturated rings. The SMILES string of the molecule is COC(=O)c1sc(Cl)cc1O[C@H]1CN2CCC1CC2. The molecule has 19 heavy (non-hydrogen) atoms. The predicted molar refractivity (Wildman–Crippen MR) is 74.2 cm³/mol. The molecule has 0 N–H and O–H groups in total. The van der Waals surface area contributed by atoms with E-state index in [1.807, 2.05) is 0 Å². The number of esters is 1. The van der Waals surface area contributed by atoms with Gasteiger partial charge < -0.3 is 9.47 Å². The molecule has 6 heteroatoms. The lowest BCUT2D eigenvalue weighted by molar-refractivity contribution is -0.00815. The number of hydrogen-bond donors (Lipinski definition) is 0. The summed E-state index contributed by atoms with van der Waals surface area (Å²) in [6, 6.07) is 1.72. The van der Waals surface area contributed by atoms with Crippen molar-refractivity contribution in [1.29, 1.82) is 0 Å². The van der Waals surface area contributed by atoms with Crippen LogP contribution in [0.25, 0.3) is 0 Å². The van der Waals surface area contributed by atoms with E-state index in [0.29, 0.717) is 20.9 Å². The zero-order valence-corrected chi connectivity index (χ0v) is 12.3. The monoisotopic (exact) mass is 301 g/mol. The number of hydrogen-bond acceptors (Lipinski definition) is 5. The largest absolute Gasteiger partial charge is 0.487 e. The van der Waals surface area contributed by atoms with Gasteiger partial charge in [-0.15, -0.1) is 11.3 Å². The first-order valence-electron chi connectivity index (χ1n) is 6.44. The minimum Gasteiger partial charge on any atom is -0.487 e. The fraction of sp³-hybridized carbons (Fsp3) is 0.615. The topological polar surface area (TPSA) is 38.8 Å². The van der Waals surface area contributed by atoms with Crippen LogP contribution in [0.15, 0.2) is 6.07 Å². The van der Waals surface area contributed by atoms with Crippen molar-refractivity contribution in [2.75, 3.05) is 26.7 Å². The molecule has 0 saturated carbocycles. The quantitative estimate of drug-likeness (QED) is 0.805. The van der Waals surface area contributed by atoms with Crippen molar-refractivity contribution in [2.24, 2.45) is 5.92 Å². The zero-order valence-electron chi connectivity index (χ0n) is 10.7. The number of nitrogens with zero attached hydrogens (tertiary/aromatic N) is 1. The van der Waals surface area contributed by atoms with Crippen LogP contribution < -0.4 is 4.74 Å². The molecule has 0 aliphatic carbocycles. The third-order valence-corrected chi connectivity index (χ3v) is 5.14. The highest BCUT2D eigenvalue weighted by Crippen LogP contribution is 2.37. The summed E-state index contributed by atoms with van der Waals surface area (Å²) in [5, 5.41) is 0. The lowest BCUT2D eigenvalue weighted by Crippen LogP contribution is -2.52. The van der Waals surface area contributed by atoms with Crippen LogP contribution in [0.1, 0.15) is 22.5 Å². The fourth-order valence-corrected chi connectivity index (χ4v) is 3.94. The second kappa shape index (κ2) is 5.31. The van der Waals surface area contributed by atoms with E-state index in [0.717, 1.165) is 6.54 Å². The van der Waals surface area contributed by atoms with Gasteiger partial charge in [-0.05, 0) is 31.8 Å². The van der Waals surface area contributed by atoms with E-state index in [-0.39, 0.29) is 12.1 Å². The van der Waals surface area contributed by atoms with Crippen LogP contribution in [0.5, 0.6) is 5.75 Å². The number of piperidine rings is 3. The van der Waals surface area contributed by atoms with Gasteiger partial charge in [0, 0.05) is 12.6 Å². The average Bonchev–Trinajstić information content (AvgIpc) is 2.80. The van der Waals surface area contributed by atoms with Gasteiger partial charge in [-0.1, -0.05) is 11.6 Å². The van der Waals surface area contributed by atoms with Crippen molar-refractivity contribution in [3.05, 3.63) is 15.3 Å². The third kappa shape index (κ3) is 2.59. The lowest BCUT2D eigenvalue weighted by atomic mass is 9.86. The molecule has 1 aromatic rings. The molecule has 3 saturated heterocycles. The third-order valence-electron chi connectivity index (χ3n) is 3.91. The van der Waals surface area contributed by atoms with Gasteiger partial charge in [0.15, 0.2) is 4.88 Å². The maximum Gasteiger partial charge on any atom is 0.351 e. The predicted octanol–water partition coefficient (Wildman–Crippen LogP) is 2.66. The minimum absolute atomic E-state index is 0.163. The van der Waals surface area contributed by atoms with Crippen molar-refractivity contribution in [1.82, 2.24) is 4.90 Å². The number of fused-ring (bicyclic) bond motifs is 3. The van der Waals surface area contributed by atoms with Crippen LogP contribution in [0, 0.1) is 5.92 Å². The molecule has 2 bridgehead atoms. The highest BCUT2D eigenvalue weighted by Gasteiger charge is 2.36. The molecule has 1 aromatic heterocycles. The lowest BCUT2D eigenvalue weighted by Gasteiger charge is -2.44. The van der Waals surface area contributed by atoms with Crippen molar-refractivity contribution >= 4 is 28.9 Å². The first kappa shape index (κ1) is 13.2. The maximum atomic E-state index is 11.7. The second-order valence-electron chi connectivity index (χ2n) is 5.03. The Bertz CT molecular complexity index is 482. The number of thiophene rings is 1. The van der Waals surface area contributed by atoms with Gasteiger partial charge in [-0.25, -0.2) is 4.79 Å². The summed E-state index contributed by atoms with van der Waals surface area (Å²) in [7, 11) is 1.37. The summed E-state index contributed by atoms with van der Waals surface area (Å²) in [5.74, 6) is 0.781. The fourth-order valence-electron chi connectivity index (χ4n) is 2.88. The van der Waals surface area contributed by atoms with Gasteiger partial charge in [0.2, 0.25) is 0 Å². The number of ether oxygens (including phenoxy) is 2. The summed E-state index contributed by atoms with van der Waals surface area (Å²) in [6.07, 6.45) is 2.52. The Morgan fingerprint density at radius 1 is 1.47 bits per heavy atom. The molecule has 3 aliphatic heterocycles. The summed E-state index contributed by atoms with van der Waals surface area (Å²) in [5.41, 5.74) is 0. The van der Waals surface area contributed by atoms with Gasteiger partial charge in [0.05, 0.1) is 11.4 Å². The van der Waals surface area contributed by atoms with E-state index >= 15 is 0 Å². The molecular formula is C13H16ClNO3S. The molecule has 4 nitrogen and oxygen atoms in total. The Labute approximate surface area is 121 Å². The molecular weight excluding hydrogens is 286 g/mol. The molecule has 0 unspecified atom stereocenters. The molecule has 0 spiro atoms. The van der Waals surface area contributed by atoms with E-state index in [9.17, 15) is 4.79 Å². The number of carbonyl (C=O) groups is 1. The Morgan fingerprint density at radius 3 is 2.79 bits per heavy atom. The number of carbonyl (C=O) groups excluding carboxylic acids is 1. The van der Waals surface area contributed by atoms with E-state index in [1.165, 1.54) is 44.4 Å². The Morgan fingerprint density at radius 2 is 2.21 bits per heavy atom. The second-order valence-corrected chi connectivity index (χ2v) is 6.71. The van der Waals surface area contributed by atoms with Gasteiger partial charge >= 0.3 is 5.97 Å². The smallest absolute Gasteiger partial charge is 0.351 e. The number of halogens is 1. The molecule has 3 aliphatic rings.